The van der Waals surface area contributed by atoms with Crippen molar-refractivity contribution in [3.05, 3.63) is 34.6 Å². The van der Waals surface area contributed by atoms with Gasteiger partial charge in [-0.2, -0.15) is 0 Å². The molecule has 1 N–H and O–H groups in total. The van der Waals surface area contributed by atoms with Gasteiger partial charge in [-0.05, 0) is 18.2 Å². The van der Waals surface area contributed by atoms with Crippen molar-refractivity contribution in [2.45, 2.75) is 19.0 Å². The number of carboxylic acid groups (broad SMARTS) is 1. The topological polar surface area (TPSA) is 49.8 Å². The van der Waals surface area contributed by atoms with Gasteiger partial charge in [0, 0.05) is 29.7 Å². The summed E-state index contributed by atoms with van der Waals surface area (Å²) >= 11 is 5.85. The van der Waals surface area contributed by atoms with Crippen molar-refractivity contribution in [3.8, 4) is 0 Å². The van der Waals surface area contributed by atoms with Gasteiger partial charge in [0.05, 0.1) is 19.6 Å². The standard InChI is InChI=1S/C13H15ClFNO3/c14-10-1-2-12(15)9(5-10)7-16-3-4-19-8-11(16)6-13(17)18/h1-2,5,11H,3-4,6-8H2,(H,17,18). The van der Waals surface area contributed by atoms with E-state index < -0.39 is 5.97 Å². The Morgan fingerprint density at radius 2 is 2.37 bits per heavy atom. The van der Waals surface area contributed by atoms with Gasteiger partial charge < -0.3 is 9.84 Å². The Bertz CT molecular complexity index is 469. The van der Waals surface area contributed by atoms with E-state index in [2.05, 4.69) is 0 Å². The Kier molecular flexibility index (Phi) is 4.74. The third-order valence-corrected chi connectivity index (χ3v) is 3.38. The average molecular weight is 288 g/mol. The first-order valence-corrected chi connectivity index (χ1v) is 6.41. The van der Waals surface area contributed by atoms with E-state index >= 15 is 0 Å². The summed E-state index contributed by atoms with van der Waals surface area (Å²) < 4.78 is 19.0. The number of hydrogen-bond donors (Lipinski definition) is 1. The van der Waals surface area contributed by atoms with E-state index in [-0.39, 0.29) is 18.3 Å². The number of hydrogen-bond acceptors (Lipinski definition) is 3. The average Bonchev–Trinajstić information content (AvgIpc) is 2.35. The number of benzene rings is 1. The van der Waals surface area contributed by atoms with Crippen molar-refractivity contribution in [2.24, 2.45) is 0 Å². The molecule has 0 aromatic heterocycles. The van der Waals surface area contributed by atoms with Crippen LogP contribution in [0, 0.1) is 5.82 Å². The summed E-state index contributed by atoms with van der Waals surface area (Å²) in [5, 5.41) is 9.34. The van der Waals surface area contributed by atoms with Crippen LogP contribution in [0.25, 0.3) is 0 Å². The highest BCUT2D eigenvalue weighted by Gasteiger charge is 2.26. The molecule has 1 atom stereocenters. The summed E-state index contributed by atoms with van der Waals surface area (Å²) in [6.45, 7) is 1.81. The molecular weight excluding hydrogens is 273 g/mol. The SMILES string of the molecule is O=C(O)CC1COCCN1Cc1cc(Cl)ccc1F. The van der Waals surface area contributed by atoms with E-state index in [1.807, 2.05) is 4.90 Å². The second kappa shape index (κ2) is 6.32. The minimum Gasteiger partial charge on any atom is -0.481 e. The van der Waals surface area contributed by atoms with Crippen molar-refractivity contribution < 1.29 is 19.0 Å². The van der Waals surface area contributed by atoms with Crippen LogP contribution < -0.4 is 0 Å². The summed E-state index contributed by atoms with van der Waals surface area (Å²) in [6, 6.07) is 4.16. The highest BCUT2D eigenvalue weighted by atomic mass is 35.5. The molecule has 104 valence electrons. The van der Waals surface area contributed by atoms with Crippen LogP contribution in [0.5, 0.6) is 0 Å². The van der Waals surface area contributed by atoms with E-state index in [4.69, 9.17) is 21.4 Å². The number of halogens is 2. The second-order valence-electron chi connectivity index (χ2n) is 4.53. The van der Waals surface area contributed by atoms with Crippen molar-refractivity contribution in [3.63, 3.8) is 0 Å². The summed E-state index contributed by atoms with van der Waals surface area (Å²) in [4.78, 5) is 12.7. The molecule has 1 unspecified atom stereocenters. The fourth-order valence-corrected chi connectivity index (χ4v) is 2.36. The second-order valence-corrected chi connectivity index (χ2v) is 4.97. The van der Waals surface area contributed by atoms with E-state index in [1.54, 1.807) is 6.07 Å². The third-order valence-electron chi connectivity index (χ3n) is 3.14. The Morgan fingerprint density at radius 3 is 3.11 bits per heavy atom. The molecule has 1 aromatic carbocycles. The van der Waals surface area contributed by atoms with Crippen LogP contribution in [0.3, 0.4) is 0 Å². The predicted molar refractivity (Wildman–Crippen MR) is 68.7 cm³/mol. The van der Waals surface area contributed by atoms with Crippen LogP contribution in [-0.2, 0) is 16.1 Å². The van der Waals surface area contributed by atoms with Gasteiger partial charge in [0.2, 0.25) is 0 Å². The Morgan fingerprint density at radius 1 is 1.58 bits per heavy atom. The van der Waals surface area contributed by atoms with Gasteiger partial charge in [-0.1, -0.05) is 11.6 Å². The molecule has 1 heterocycles. The fourth-order valence-electron chi connectivity index (χ4n) is 2.17. The van der Waals surface area contributed by atoms with Crippen LogP contribution in [0.1, 0.15) is 12.0 Å². The van der Waals surface area contributed by atoms with Crippen molar-refractivity contribution >= 4 is 17.6 Å². The summed E-state index contributed by atoms with van der Waals surface area (Å²) in [7, 11) is 0. The number of aliphatic carboxylic acids is 1. The number of carboxylic acids is 1. The van der Waals surface area contributed by atoms with Crippen molar-refractivity contribution in [2.75, 3.05) is 19.8 Å². The normalized spacial score (nSPS) is 20.4. The van der Waals surface area contributed by atoms with Crippen LogP contribution >= 0.6 is 11.6 Å². The van der Waals surface area contributed by atoms with Crippen molar-refractivity contribution in [1.82, 2.24) is 4.90 Å². The number of nitrogens with zero attached hydrogens (tertiary/aromatic N) is 1. The summed E-state index contributed by atoms with van der Waals surface area (Å²) in [5.41, 5.74) is 0.477. The maximum atomic E-state index is 13.7. The van der Waals surface area contributed by atoms with Crippen LogP contribution in [0.2, 0.25) is 5.02 Å². The zero-order chi connectivity index (χ0) is 13.8. The van der Waals surface area contributed by atoms with Gasteiger partial charge in [0.1, 0.15) is 5.82 Å². The predicted octanol–water partition coefficient (Wildman–Crippen LogP) is 2.15. The Hall–Kier alpha value is -1.17. The molecule has 0 spiro atoms. The molecule has 6 heteroatoms. The molecule has 1 saturated heterocycles. The lowest BCUT2D eigenvalue weighted by atomic mass is 10.1. The zero-order valence-corrected chi connectivity index (χ0v) is 11.1. The molecule has 0 radical (unpaired) electrons. The smallest absolute Gasteiger partial charge is 0.305 e. The molecule has 4 nitrogen and oxygen atoms in total. The summed E-state index contributed by atoms with van der Waals surface area (Å²) in [5.74, 6) is -1.21. The first kappa shape index (κ1) is 14.2. The fraction of sp³-hybridized carbons (Fsp3) is 0.462. The first-order chi connectivity index (χ1) is 9.06. The molecule has 2 rings (SSSR count). The molecule has 0 bridgehead atoms. The molecule has 0 aliphatic carbocycles. The molecule has 0 saturated carbocycles. The van der Waals surface area contributed by atoms with E-state index in [0.717, 1.165) is 0 Å². The number of carbonyl (C=O) groups is 1. The largest absolute Gasteiger partial charge is 0.481 e. The number of morpholine rings is 1. The molecule has 19 heavy (non-hydrogen) atoms. The van der Waals surface area contributed by atoms with Gasteiger partial charge in [-0.25, -0.2) is 4.39 Å². The van der Waals surface area contributed by atoms with Gasteiger partial charge >= 0.3 is 5.97 Å². The van der Waals surface area contributed by atoms with Gasteiger partial charge in [0.15, 0.2) is 0 Å². The van der Waals surface area contributed by atoms with Gasteiger partial charge in [-0.15, -0.1) is 0 Å². The molecule has 1 aliphatic rings. The van der Waals surface area contributed by atoms with E-state index in [0.29, 0.717) is 36.9 Å². The minimum absolute atomic E-state index is 0.0117. The molecule has 1 fully saturated rings. The van der Waals surface area contributed by atoms with E-state index in [9.17, 15) is 9.18 Å². The highest BCUT2D eigenvalue weighted by molar-refractivity contribution is 6.30. The Labute approximate surface area is 115 Å². The number of ether oxygens (including phenoxy) is 1. The lowest BCUT2D eigenvalue weighted by molar-refractivity contribution is -0.140. The van der Waals surface area contributed by atoms with Gasteiger partial charge in [-0.3, -0.25) is 9.69 Å². The highest BCUT2D eigenvalue weighted by Crippen LogP contribution is 2.20. The molecule has 0 amide bonds. The van der Waals surface area contributed by atoms with Crippen molar-refractivity contribution in [1.29, 1.82) is 0 Å². The first-order valence-electron chi connectivity index (χ1n) is 6.04. The molecule has 1 aliphatic heterocycles. The van der Waals surface area contributed by atoms with Crippen LogP contribution in [-0.4, -0.2) is 41.8 Å². The maximum absolute atomic E-state index is 13.7. The van der Waals surface area contributed by atoms with Gasteiger partial charge in [0.25, 0.3) is 0 Å². The monoisotopic (exact) mass is 287 g/mol. The molecule has 1 aromatic rings. The zero-order valence-electron chi connectivity index (χ0n) is 10.3. The quantitative estimate of drug-likeness (QED) is 0.922. The summed E-state index contributed by atoms with van der Waals surface area (Å²) in [6.07, 6.45) is -0.0117. The number of rotatable bonds is 4. The van der Waals surface area contributed by atoms with Crippen LogP contribution in [0.4, 0.5) is 4.39 Å². The van der Waals surface area contributed by atoms with Crippen LogP contribution in [0.15, 0.2) is 18.2 Å². The Balaban J connectivity index is 2.10. The minimum atomic E-state index is -0.882. The lowest BCUT2D eigenvalue weighted by Crippen LogP contribution is -2.46. The molecular formula is C13H15ClFNO3. The van der Waals surface area contributed by atoms with E-state index in [1.165, 1.54) is 12.1 Å². The lowest BCUT2D eigenvalue weighted by Gasteiger charge is -2.34. The maximum Gasteiger partial charge on any atom is 0.305 e. The third kappa shape index (κ3) is 3.89.